The molecule has 1 aromatic carbocycles. The lowest BCUT2D eigenvalue weighted by atomic mass is 9.80. The predicted octanol–water partition coefficient (Wildman–Crippen LogP) is 3.44. The van der Waals surface area contributed by atoms with E-state index < -0.39 is 30.4 Å². The van der Waals surface area contributed by atoms with Crippen LogP contribution in [0.1, 0.15) is 18.4 Å². The molecular formula is C15H15F3O3. The third-order valence-electron chi connectivity index (χ3n) is 3.07. The number of carbonyl (C=O) groups excluding carboxylic acids is 2. The molecule has 0 radical (unpaired) electrons. The number of rotatable bonds is 7. The SMILES string of the molecule is C=CCC(CC=O)(C(=O)OCc1ccccc1)C(F)(F)F. The van der Waals surface area contributed by atoms with E-state index in [1.165, 1.54) is 0 Å². The van der Waals surface area contributed by atoms with Crippen LogP contribution in [-0.4, -0.2) is 18.4 Å². The molecule has 1 rings (SSSR count). The van der Waals surface area contributed by atoms with Crippen LogP contribution in [0.25, 0.3) is 0 Å². The van der Waals surface area contributed by atoms with Gasteiger partial charge in [-0.3, -0.25) is 4.79 Å². The van der Waals surface area contributed by atoms with Gasteiger partial charge in [-0.2, -0.15) is 13.2 Å². The van der Waals surface area contributed by atoms with Crippen molar-refractivity contribution in [1.29, 1.82) is 0 Å². The molecule has 0 aliphatic rings. The Bertz CT molecular complexity index is 485. The average molecular weight is 300 g/mol. The predicted molar refractivity (Wildman–Crippen MR) is 70.2 cm³/mol. The Morgan fingerprint density at radius 2 is 1.81 bits per heavy atom. The highest BCUT2D eigenvalue weighted by atomic mass is 19.4. The Labute approximate surface area is 120 Å². The van der Waals surface area contributed by atoms with Crippen LogP contribution >= 0.6 is 0 Å². The Hall–Kier alpha value is -2.11. The van der Waals surface area contributed by atoms with Crippen molar-refractivity contribution in [1.82, 2.24) is 0 Å². The quantitative estimate of drug-likeness (QED) is 0.440. The van der Waals surface area contributed by atoms with E-state index in [0.717, 1.165) is 6.08 Å². The molecule has 0 aliphatic heterocycles. The molecule has 0 amide bonds. The van der Waals surface area contributed by atoms with Gasteiger partial charge in [-0.1, -0.05) is 36.4 Å². The fourth-order valence-electron chi connectivity index (χ4n) is 1.85. The topological polar surface area (TPSA) is 43.4 Å². The number of benzene rings is 1. The van der Waals surface area contributed by atoms with Crippen molar-refractivity contribution in [2.75, 3.05) is 0 Å². The summed E-state index contributed by atoms with van der Waals surface area (Å²) in [6, 6.07) is 8.33. The Kier molecular flexibility index (Phi) is 5.69. The largest absolute Gasteiger partial charge is 0.460 e. The molecule has 1 unspecified atom stereocenters. The summed E-state index contributed by atoms with van der Waals surface area (Å²) in [7, 11) is 0. The summed E-state index contributed by atoms with van der Waals surface area (Å²) in [5, 5.41) is 0. The standard InChI is InChI=1S/C15H15F3O3/c1-2-8-14(9-10-19,15(16,17)18)13(20)21-11-12-6-4-3-5-7-12/h2-7,10H,1,8-9,11H2. The summed E-state index contributed by atoms with van der Waals surface area (Å²) < 4.78 is 44.4. The second-order valence-electron chi connectivity index (χ2n) is 4.51. The first-order chi connectivity index (χ1) is 9.87. The van der Waals surface area contributed by atoms with Gasteiger partial charge >= 0.3 is 12.1 Å². The van der Waals surface area contributed by atoms with E-state index in [1.54, 1.807) is 30.3 Å². The number of halogens is 3. The van der Waals surface area contributed by atoms with Crippen molar-refractivity contribution in [2.24, 2.45) is 5.41 Å². The number of aldehydes is 1. The Balaban J connectivity index is 2.94. The molecule has 6 heteroatoms. The number of carbonyl (C=O) groups is 2. The van der Waals surface area contributed by atoms with Crippen LogP contribution in [0.15, 0.2) is 43.0 Å². The maximum Gasteiger partial charge on any atom is 0.405 e. The van der Waals surface area contributed by atoms with Gasteiger partial charge in [0, 0.05) is 6.42 Å². The Morgan fingerprint density at radius 1 is 1.19 bits per heavy atom. The zero-order chi connectivity index (χ0) is 15.9. The third-order valence-corrected chi connectivity index (χ3v) is 3.07. The molecule has 0 bridgehead atoms. The number of allylic oxidation sites excluding steroid dienone is 1. The molecule has 21 heavy (non-hydrogen) atoms. The number of alkyl halides is 3. The van der Waals surface area contributed by atoms with Gasteiger partial charge in [-0.15, -0.1) is 6.58 Å². The van der Waals surface area contributed by atoms with Gasteiger partial charge in [0.25, 0.3) is 0 Å². The number of hydrogen-bond acceptors (Lipinski definition) is 3. The summed E-state index contributed by atoms with van der Waals surface area (Å²) in [6.45, 7) is 2.93. The first kappa shape index (κ1) is 16.9. The van der Waals surface area contributed by atoms with E-state index >= 15 is 0 Å². The minimum absolute atomic E-state index is 0.0702. The number of ether oxygens (including phenoxy) is 1. The average Bonchev–Trinajstić information content (AvgIpc) is 2.44. The van der Waals surface area contributed by atoms with Crippen molar-refractivity contribution >= 4 is 12.3 Å². The van der Waals surface area contributed by atoms with Crippen LogP contribution in [0.3, 0.4) is 0 Å². The van der Waals surface area contributed by atoms with Crippen LogP contribution in [0, 0.1) is 5.41 Å². The molecule has 3 nitrogen and oxygen atoms in total. The highest BCUT2D eigenvalue weighted by Crippen LogP contribution is 2.45. The van der Waals surface area contributed by atoms with Gasteiger partial charge in [-0.25, -0.2) is 0 Å². The molecule has 1 aromatic rings. The van der Waals surface area contributed by atoms with Gasteiger partial charge < -0.3 is 9.53 Å². The van der Waals surface area contributed by atoms with Gasteiger partial charge in [0.15, 0.2) is 5.41 Å². The molecule has 0 saturated carbocycles. The molecule has 0 fully saturated rings. The molecule has 114 valence electrons. The summed E-state index contributed by atoms with van der Waals surface area (Å²) in [5.41, 5.74) is -2.31. The maximum absolute atomic E-state index is 13.2. The van der Waals surface area contributed by atoms with E-state index in [-0.39, 0.29) is 12.9 Å². The molecular weight excluding hydrogens is 285 g/mol. The monoisotopic (exact) mass is 300 g/mol. The first-order valence-corrected chi connectivity index (χ1v) is 6.20. The van der Waals surface area contributed by atoms with Crippen molar-refractivity contribution in [3.8, 4) is 0 Å². The van der Waals surface area contributed by atoms with Gasteiger partial charge in [0.1, 0.15) is 12.9 Å². The van der Waals surface area contributed by atoms with E-state index in [1.807, 2.05) is 0 Å². The molecule has 0 N–H and O–H groups in total. The molecule has 0 spiro atoms. The normalized spacial score (nSPS) is 14.0. The summed E-state index contributed by atoms with van der Waals surface area (Å²) in [4.78, 5) is 22.5. The van der Waals surface area contributed by atoms with Crippen molar-refractivity contribution in [3.63, 3.8) is 0 Å². The Morgan fingerprint density at radius 3 is 2.29 bits per heavy atom. The van der Waals surface area contributed by atoms with E-state index in [9.17, 15) is 22.8 Å². The zero-order valence-electron chi connectivity index (χ0n) is 11.2. The van der Waals surface area contributed by atoms with Crippen molar-refractivity contribution in [2.45, 2.75) is 25.6 Å². The van der Waals surface area contributed by atoms with Gasteiger partial charge in [0.05, 0.1) is 0 Å². The molecule has 0 aliphatic carbocycles. The number of esters is 1. The van der Waals surface area contributed by atoms with Crippen molar-refractivity contribution < 1.29 is 27.5 Å². The van der Waals surface area contributed by atoms with Crippen LogP contribution in [0.2, 0.25) is 0 Å². The minimum atomic E-state index is -4.89. The van der Waals surface area contributed by atoms with Crippen molar-refractivity contribution in [3.05, 3.63) is 48.6 Å². The fraction of sp³-hybridized carbons (Fsp3) is 0.333. The lowest BCUT2D eigenvalue weighted by Crippen LogP contribution is -2.46. The second kappa shape index (κ2) is 7.06. The van der Waals surface area contributed by atoms with Crippen LogP contribution in [-0.2, 0) is 20.9 Å². The smallest absolute Gasteiger partial charge is 0.405 e. The zero-order valence-corrected chi connectivity index (χ0v) is 11.2. The molecule has 1 atom stereocenters. The van der Waals surface area contributed by atoms with Crippen LogP contribution < -0.4 is 0 Å². The van der Waals surface area contributed by atoms with E-state index in [4.69, 9.17) is 4.74 Å². The highest BCUT2D eigenvalue weighted by molar-refractivity contribution is 5.81. The maximum atomic E-state index is 13.2. The lowest BCUT2D eigenvalue weighted by Gasteiger charge is -2.30. The molecule has 0 saturated heterocycles. The molecule has 0 aromatic heterocycles. The summed E-state index contributed by atoms with van der Waals surface area (Å²) in [6.07, 6.45) is -5.56. The molecule has 0 heterocycles. The number of hydrogen-bond donors (Lipinski definition) is 0. The van der Waals surface area contributed by atoms with Crippen LogP contribution in [0.5, 0.6) is 0 Å². The second-order valence-corrected chi connectivity index (χ2v) is 4.51. The van der Waals surface area contributed by atoms with Crippen LogP contribution in [0.4, 0.5) is 13.2 Å². The first-order valence-electron chi connectivity index (χ1n) is 6.20. The highest BCUT2D eigenvalue weighted by Gasteiger charge is 2.60. The summed E-state index contributed by atoms with van der Waals surface area (Å²) in [5.74, 6) is -1.47. The minimum Gasteiger partial charge on any atom is -0.460 e. The summed E-state index contributed by atoms with van der Waals surface area (Å²) >= 11 is 0. The van der Waals surface area contributed by atoms with E-state index in [2.05, 4.69) is 6.58 Å². The lowest BCUT2D eigenvalue weighted by molar-refractivity contribution is -0.235. The third kappa shape index (κ3) is 3.93. The fourth-order valence-corrected chi connectivity index (χ4v) is 1.85. The van der Waals surface area contributed by atoms with Gasteiger partial charge in [0.2, 0.25) is 0 Å². The van der Waals surface area contributed by atoms with E-state index in [0.29, 0.717) is 5.56 Å². The van der Waals surface area contributed by atoms with Gasteiger partial charge in [-0.05, 0) is 12.0 Å².